The Balaban J connectivity index is 3.48. The minimum Gasteiger partial charge on any atom is -0.271 e. The van der Waals surface area contributed by atoms with Gasteiger partial charge in [-0.2, -0.15) is 13.2 Å². The zero-order valence-electron chi connectivity index (χ0n) is 9.95. The second-order valence-electron chi connectivity index (χ2n) is 4.24. The van der Waals surface area contributed by atoms with Crippen molar-refractivity contribution in [2.45, 2.75) is 70.5 Å². The summed E-state index contributed by atoms with van der Waals surface area (Å²) in [4.78, 5) is 0. The Labute approximate surface area is 95.7 Å². The molecule has 0 heterocycles. The highest BCUT2D eigenvalue weighted by molar-refractivity contribution is 4.68. The summed E-state index contributed by atoms with van der Waals surface area (Å²) in [6.07, 6.45) is 2.03. The highest BCUT2D eigenvalue weighted by Crippen LogP contribution is 2.23. The molecule has 5 heteroatoms. The van der Waals surface area contributed by atoms with Crippen LogP contribution in [-0.2, 0) is 0 Å². The summed E-state index contributed by atoms with van der Waals surface area (Å²) in [5.41, 5.74) is 2.24. The molecule has 98 valence electrons. The van der Waals surface area contributed by atoms with Crippen LogP contribution in [0.2, 0.25) is 0 Å². The van der Waals surface area contributed by atoms with Crippen molar-refractivity contribution in [1.29, 1.82) is 0 Å². The van der Waals surface area contributed by atoms with Gasteiger partial charge in [0.15, 0.2) is 0 Å². The Bertz CT molecular complexity index is 160. The molecule has 0 saturated carbocycles. The van der Waals surface area contributed by atoms with Crippen LogP contribution in [0.1, 0.15) is 58.3 Å². The van der Waals surface area contributed by atoms with E-state index in [2.05, 4.69) is 12.3 Å². The molecule has 0 aromatic carbocycles. The minimum absolute atomic E-state index is 0.502. The Hall–Kier alpha value is -0.290. The highest BCUT2D eigenvalue weighted by Gasteiger charge is 2.30. The number of nitrogens with two attached hydrogens (primary N) is 1. The van der Waals surface area contributed by atoms with Gasteiger partial charge < -0.3 is 0 Å². The maximum atomic E-state index is 12.1. The second-order valence-corrected chi connectivity index (χ2v) is 4.24. The van der Waals surface area contributed by atoms with E-state index in [9.17, 15) is 13.2 Å². The van der Waals surface area contributed by atoms with E-state index < -0.39 is 18.6 Å². The molecule has 1 unspecified atom stereocenters. The molecule has 0 amide bonds. The van der Waals surface area contributed by atoms with Crippen LogP contribution < -0.4 is 11.3 Å². The number of unbranched alkanes of at least 4 members (excludes halogenated alkanes) is 5. The molecule has 0 aliphatic carbocycles. The Morgan fingerprint density at radius 2 is 1.62 bits per heavy atom. The van der Waals surface area contributed by atoms with E-state index in [1.54, 1.807) is 0 Å². The van der Waals surface area contributed by atoms with Crippen molar-refractivity contribution in [3.8, 4) is 0 Å². The Morgan fingerprint density at radius 1 is 1.06 bits per heavy atom. The van der Waals surface area contributed by atoms with Gasteiger partial charge in [-0.3, -0.25) is 11.3 Å². The van der Waals surface area contributed by atoms with Gasteiger partial charge in [0.2, 0.25) is 0 Å². The number of alkyl halides is 3. The van der Waals surface area contributed by atoms with Crippen molar-refractivity contribution in [2.24, 2.45) is 5.84 Å². The van der Waals surface area contributed by atoms with Crippen LogP contribution >= 0.6 is 0 Å². The molecular weight excluding hydrogens is 217 g/mol. The lowest BCUT2D eigenvalue weighted by atomic mass is 10.0. The van der Waals surface area contributed by atoms with E-state index in [-0.39, 0.29) is 0 Å². The van der Waals surface area contributed by atoms with Crippen LogP contribution in [0.15, 0.2) is 0 Å². The van der Waals surface area contributed by atoms with E-state index in [0.29, 0.717) is 6.42 Å². The third-order valence-corrected chi connectivity index (χ3v) is 2.62. The number of hydrogen-bond acceptors (Lipinski definition) is 2. The van der Waals surface area contributed by atoms with E-state index in [4.69, 9.17) is 5.84 Å². The normalized spacial score (nSPS) is 14.1. The summed E-state index contributed by atoms with van der Waals surface area (Å²) < 4.78 is 36.2. The average Bonchev–Trinajstić information content (AvgIpc) is 2.19. The molecule has 0 aromatic rings. The molecule has 3 N–H and O–H groups in total. The van der Waals surface area contributed by atoms with Crippen LogP contribution in [0.4, 0.5) is 13.2 Å². The zero-order valence-corrected chi connectivity index (χ0v) is 9.95. The smallest absolute Gasteiger partial charge is 0.271 e. The molecule has 0 bridgehead atoms. The monoisotopic (exact) mass is 240 g/mol. The first-order valence-electron chi connectivity index (χ1n) is 6.02. The lowest BCUT2D eigenvalue weighted by molar-refractivity contribution is -0.140. The molecule has 0 saturated heterocycles. The van der Waals surface area contributed by atoms with E-state index >= 15 is 0 Å². The van der Waals surface area contributed by atoms with Crippen molar-refractivity contribution < 1.29 is 13.2 Å². The summed E-state index contributed by atoms with van der Waals surface area (Å²) in [5, 5.41) is 0. The number of rotatable bonds is 9. The third-order valence-electron chi connectivity index (χ3n) is 2.62. The Morgan fingerprint density at radius 3 is 2.12 bits per heavy atom. The number of hydrogen-bond donors (Lipinski definition) is 2. The lowest BCUT2D eigenvalue weighted by Crippen LogP contribution is -2.38. The van der Waals surface area contributed by atoms with Crippen LogP contribution in [0, 0.1) is 0 Å². The van der Waals surface area contributed by atoms with Crippen molar-refractivity contribution in [3.05, 3.63) is 0 Å². The van der Waals surface area contributed by atoms with Crippen LogP contribution in [0.5, 0.6) is 0 Å². The predicted molar refractivity (Wildman–Crippen MR) is 59.8 cm³/mol. The molecule has 16 heavy (non-hydrogen) atoms. The first kappa shape index (κ1) is 15.7. The second kappa shape index (κ2) is 8.82. The number of hydrazine groups is 1. The SMILES string of the molecule is CCCCCCCCC(CC(F)(F)F)NN. The van der Waals surface area contributed by atoms with E-state index in [1.807, 2.05) is 0 Å². The molecule has 1 atom stereocenters. The van der Waals surface area contributed by atoms with Gasteiger partial charge in [-0.05, 0) is 6.42 Å². The van der Waals surface area contributed by atoms with Crippen LogP contribution in [0.3, 0.4) is 0 Å². The van der Waals surface area contributed by atoms with Gasteiger partial charge in [-0.1, -0.05) is 45.4 Å². The third kappa shape index (κ3) is 10.2. The molecule has 0 aliphatic rings. The first-order valence-corrected chi connectivity index (χ1v) is 6.02. The molecule has 0 aliphatic heterocycles. The van der Waals surface area contributed by atoms with Crippen molar-refractivity contribution >= 4 is 0 Å². The summed E-state index contributed by atoms with van der Waals surface area (Å²) in [6.45, 7) is 2.14. The van der Waals surface area contributed by atoms with Gasteiger partial charge in [0, 0.05) is 6.04 Å². The van der Waals surface area contributed by atoms with Crippen molar-refractivity contribution in [2.75, 3.05) is 0 Å². The minimum atomic E-state index is -4.13. The van der Waals surface area contributed by atoms with Gasteiger partial charge in [0.1, 0.15) is 0 Å². The molecule has 0 fully saturated rings. The zero-order chi connectivity index (χ0) is 12.4. The largest absolute Gasteiger partial charge is 0.390 e. The summed E-state index contributed by atoms with van der Waals surface area (Å²) in [7, 11) is 0. The van der Waals surface area contributed by atoms with Gasteiger partial charge in [0.25, 0.3) is 0 Å². The molecule has 0 rings (SSSR count). The van der Waals surface area contributed by atoms with Gasteiger partial charge in [-0.15, -0.1) is 0 Å². The summed E-state index contributed by atoms with van der Waals surface area (Å²) in [6, 6.07) is -0.633. The molecule has 0 aromatic heterocycles. The number of nitrogens with one attached hydrogen (secondary N) is 1. The topological polar surface area (TPSA) is 38.0 Å². The predicted octanol–water partition coefficient (Wildman–Crippen LogP) is 3.52. The van der Waals surface area contributed by atoms with Crippen molar-refractivity contribution in [1.82, 2.24) is 5.43 Å². The maximum Gasteiger partial charge on any atom is 0.390 e. The van der Waals surface area contributed by atoms with Gasteiger partial charge in [-0.25, -0.2) is 0 Å². The summed E-state index contributed by atoms with van der Waals surface area (Å²) in [5.74, 6) is 5.09. The summed E-state index contributed by atoms with van der Waals surface area (Å²) >= 11 is 0. The standard InChI is InChI=1S/C11H23F3N2/c1-2-3-4-5-6-7-8-10(16-15)9-11(12,13)14/h10,16H,2-9,15H2,1H3. The van der Waals surface area contributed by atoms with E-state index in [0.717, 1.165) is 19.3 Å². The average molecular weight is 240 g/mol. The molecule has 0 radical (unpaired) electrons. The lowest BCUT2D eigenvalue weighted by Gasteiger charge is -2.17. The number of halogens is 3. The fraction of sp³-hybridized carbons (Fsp3) is 1.00. The van der Waals surface area contributed by atoms with Crippen molar-refractivity contribution in [3.63, 3.8) is 0 Å². The Kier molecular flexibility index (Phi) is 8.66. The van der Waals surface area contributed by atoms with Gasteiger partial charge in [0.05, 0.1) is 6.42 Å². The quantitative estimate of drug-likeness (QED) is 0.367. The fourth-order valence-corrected chi connectivity index (χ4v) is 1.69. The molecule has 2 nitrogen and oxygen atoms in total. The van der Waals surface area contributed by atoms with Crippen LogP contribution in [0.25, 0.3) is 0 Å². The first-order chi connectivity index (χ1) is 7.49. The van der Waals surface area contributed by atoms with Gasteiger partial charge >= 0.3 is 6.18 Å². The molecule has 0 spiro atoms. The molecular formula is C11H23F3N2. The highest BCUT2D eigenvalue weighted by atomic mass is 19.4. The maximum absolute atomic E-state index is 12.1. The van der Waals surface area contributed by atoms with E-state index in [1.165, 1.54) is 19.3 Å². The fourth-order valence-electron chi connectivity index (χ4n) is 1.69. The van der Waals surface area contributed by atoms with Crippen LogP contribution in [-0.4, -0.2) is 12.2 Å².